The zero-order valence-corrected chi connectivity index (χ0v) is 18.1. The van der Waals surface area contributed by atoms with E-state index in [4.69, 9.17) is 4.74 Å². The first-order valence-electron chi connectivity index (χ1n) is 9.73. The molecule has 0 radical (unpaired) electrons. The highest BCUT2D eigenvalue weighted by Gasteiger charge is 2.72. The van der Waals surface area contributed by atoms with Gasteiger partial charge in [0, 0.05) is 17.6 Å². The summed E-state index contributed by atoms with van der Waals surface area (Å²) in [5.74, 6) is -0.324. The minimum absolute atomic E-state index is 0. The van der Waals surface area contributed by atoms with Crippen LogP contribution in [-0.4, -0.2) is 69.6 Å². The van der Waals surface area contributed by atoms with Crippen molar-refractivity contribution in [1.29, 1.82) is 0 Å². The number of likely N-dealkylation sites (N-methyl/N-ethyl adjacent to an activating group) is 1. The molecule has 2 heterocycles. The third-order valence-corrected chi connectivity index (χ3v) is 7.56. The van der Waals surface area contributed by atoms with Crippen LogP contribution in [0.5, 0.6) is 11.5 Å². The lowest BCUT2D eigenvalue weighted by atomic mass is 9.48. The normalized spacial score (nSPS) is 37.4. The van der Waals surface area contributed by atoms with Crippen LogP contribution in [0.2, 0.25) is 0 Å². The van der Waals surface area contributed by atoms with Crippen molar-refractivity contribution in [3.05, 3.63) is 23.3 Å². The number of ether oxygens (including phenoxy) is 1. The van der Waals surface area contributed by atoms with Gasteiger partial charge in [0.25, 0.3) is 0 Å². The Hall–Kier alpha value is -1.25. The van der Waals surface area contributed by atoms with Crippen LogP contribution < -0.4 is 10.1 Å². The highest BCUT2D eigenvalue weighted by atomic mass is 35.5. The lowest BCUT2D eigenvalue weighted by Gasteiger charge is -2.63. The molecule has 5 rings (SSSR count). The van der Waals surface area contributed by atoms with Gasteiger partial charge in [0.05, 0.1) is 11.0 Å². The number of halogens is 2. The third-order valence-electron chi connectivity index (χ3n) is 7.56. The maximum atomic E-state index is 12.0. The van der Waals surface area contributed by atoms with E-state index in [1.807, 2.05) is 6.07 Å². The largest absolute Gasteiger partial charge is 0.504 e. The van der Waals surface area contributed by atoms with Crippen molar-refractivity contribution in [2.75, 3.05) is 13.6 Å². The molecule has 2 bridgehead atoms. The van der Waals surface area contributed by atoms with Gasteiger partial charge in [-0.1, -0.05) is 6.07 Å². The summed E-state index contributed by atoms with van der Waals surface area (Å²) in [6, 6.07) is 2.72. The zero-order valence-electron chi connectivity index (χ0n) is 16.4. The Labute approximate surface area is 182 Å². The summed E-state index contributed by atoms with van der Waals surface area (Å²) in [7, 11) is 2.06. The number of aliphatic hydroxyl groups is 1. The lowest BCUT2D eigenvalue weighted by molar-refractivity contribution is -0.187. The molecule has 162 valence electrons. The van der Waals surface area contributed by atoms with E-state index in [0.717, 1.165) is 30.5 Å². The van der Waals surface area contributed by atoms with Crippen molar-refractivity contribution in [1.82, 2.24) is 10.2 Å². The van der Waals surface area contributed by atoms with E-state index < -0.39 is 29.1 Å². The molecule has 6 atom stereocenters. The Balaban J connectivity index is 0.00000120. The smallest absolute Gasteiger partial charge is 0.320 e. The number of nitrogens with zero attached hydrogens (tertiary/aromatic N) is 1. The number of rotatable bonds is 3. The van der Waals surface area contributed by atoms with E-state index in [1.165, 1.54) is 0 Å². The summed E-state index contributed by atoms with van der Waals surface area (Å²) in [6.45, 7) is 2.46. The highest BCUT2D eigenvalue weighted by Crippen LogP contribution is 2.65. The predicted octanol–water partition coefficient (Wildman–Crippen LogP) is 1.45. The van der Waals surface area contributed by atoms with Crippen LogP contribution in [-0.2, 0) is 16.6 Å². The van der Waals surface area contributed by atoms with Gasteiger partial charge < -0.3 is 25.0 Å². The van der Waals surface area contributed by atoms with Crippen LogP contribution in [0.25, 0.3) is 0 Å². The first-order chi connectivity index (χ1) is 12.8. The number of phenolic OH excluding ortho intramolecular Hbond substituents is 1. The van der Waals surface area contributed by atoms with Gasteiger partial charge in [0.15, 0.2) is 11.5 Å². The molecular weight excluding hydrogens is 419 g/mol. The Bertz CT molecular complexity index is 839. The van der Waals surface area contributed by atoms with Gasteiger partial charge in [-0.15, -0.1) is 24.8 Å². The number of carboxylic acids is 1. The number of aromatic hydroxyl groups is 1. The van der Waals surface area contributed by atoms with E-state index in [0.29, 0.717) is 18.6 Å². The molecular formula is C20H28Cl2N2O5. The molecule has 1 aromatic rings. The number of benzene rings is 1. The average Bonchev–Trinajstić information content (AvgIpc) is 2.98. The number of piperidine rings is 1. The van der Waals surface area contributed by atoms with Gasteiger partial charge in [0.2, 0.25) is 0 Å². The molecule has 1 aromatic carbocycles. The number of carboxylic acid groups (broad SMARTS) is 1. The molecule has 1 saturated carbocycles. The van der Waals surface area contributed by atoms with Crippen molar-refractivity contribution in [3.63, 3.8) is 0 Å². The summed E-state index contributed by atoms with van der Waals surface area (Å²) in [4.78, 5) is 13.6. The predicted molar refractivity (Wildman–Crippen MR) is 112 cm³/mol. The van der Waals surface area contributed by atoms with Crippen LogP contribution >= 0.6 is 24.8 Å². The Morgan fingerprint density at radius 3 is 2.76 bits per heavy atom. The summed E-state index contributed by atoms with van der Waals surface area (Å²) in [6.07, 6.45) is 2.29. The van der Waals surface area contributed by atoms with E-state index in [1.54, 1.807) is 13.0 Å². The van der Waals surface area contributed by atoms with Crippen molar-refractivity contribution < 1.29 is 24.9 Å². The van der Waals surface area contributed by atoms with Gasteiger partial charge in [-0.05, 0) is 57.8 Å². The molecule has 2 fully saturated rings. The van der Waals surface area contributed by atoms with Crippen LogP contribution in [0.15, 0.2) is 12.1 Å². The fourth-order valence-corrected chi connectivity index (χ4v) is 6.32. The maximum Gasteiger partial charge on any atom is 0.320 e. The first kappa shape index (κ1) is 22.4. The topological polar surface area (TPSA) is 102 Å². The number of hydrogen-bond acceptors (Lipinski definition) is 6. The second-order valence-electron chi connectivity index (χ2n) is 8.70. The van der Waals surface area contributed by atoms with E-state index >= 15 is 0 Å². The molecule has 2 aliphatic carbocycles. The maximum absolute atomic E-state index is 12.0. The van der Waals surface area contributed by atoms with E-state index in [2.05, 4.69) is 17.3 Å². The molecule has 9 heteroatoms. The molecule has 7 nitrogen and oxygen atoms in total. The van der Waals surface area contributed by atoms with E-state index in [-0.39, 0.29) is 42.6 Å². The molecule has 1 saturated heterocycles. The van der Waals surface area contributed by atoms with Crippen LogP contribution in [0.3, 0.4) is 0 Å². The summed E-state index contributed by atoms with van der Waals surface area (Å²) < 4.78 is 6.32. The van der Waals surface area contributed by atoms with Gasteiger partial charge in [-0.25, -0.2) is 0 Å². The fraction of sp³-hybridized carbons (Fsp3) is 0.650. The standard InChI is InChI=1S/C20H26N2O5.2ClH/c1-10(18(24)25)21-12-5-6-20(26)14-9-11-3-4-13(23)16-15(11)19(20,17(12)27-16)7-8-22(14)2;;/h3-4,10,12,14,17,21,23,26H,5-9H2,1-2H3,(H,24,25);2*1H/t10-,12?,14+,17?,19-,20+;;/m0../s1. The Kier molecular flexibility index (Phi) is 5.54. The molecule has 4 N–H and O–H groups in total. The molecule has 2 aliphatic heterocycles. The average molecular weight is 447 g/mol. The first-order valence-corrected chi connectivity index (χ1v) is 9.73. The van der Waals surface area contributed by atoms with Crippen LogP contribution in [0.1, 0.15) is 37.3 Å². The summed E-state index contributed by atoms with van der Waals surface area (Å²) in [5, 5.41) is 35.0. The second-order valence-corrected chi connectivity index (χ2v) is 8.70. The molecule has 0 amide bonds. The Morgan fingerprint density at radius 1 is 1.34 bits per heavy atom. The van der Waals surface area contributed by atoms with Crippen molar-refractivity contribution in [2.45, 2.75) is 67.9 Å². The van der Waals surface area contributed by atoms with Gasteiger partial charge in [0.1, 0.15) is 12.1 Å². The fourth-order valence-electron chi connectivity index (χ4n) is 6.32. The van der Waals surface area contributed by atoms with Gasteiger partial charge >= 0.3 is 5.97 Å². The third kappa shape index (κ3) is 2.64. The minimum Gasteiger partial charge on any atom is -0.504 e. The monoisotopic (exact) mass is 446 g/mol. The summed E-state index contributed by atoms with van der Waals surface area (Å²) >= 11 is 0. The molecule has 29 heavy (non-hydrogen) atoms. The number of phenols is 1. The van der Waals surface area contributed by atoms with E-state index in [9.17, 15) is 20.1 Å². The SMILES string of the molecule is C[C@H](NC1CC[C@@]2(O)[C@H]3Cc4ccc(O)c5c4[C@@]2(CCN3C)C1O5)C(=O)O.Cl.Cl. The number of aliphatic carboxylic acids is 1. The number of likely N-dealkylation sites (tertiary alicyclic amines) is 1. The number of carbonyl (C=O) groups is 1. The lowest BCUT2D eigenvalue weighted by Crippen LogP contribution is -2.78. The number of nitrogens with one attached hydrogen (secondary N) is 1. The van der Waals surface area contributed by atoms with Crippen molar-refractivity contribution >= 4 is 30.8 Å². The zero-order chi connectivity index (χ0) is 19.1. The van der Waals surface area contributed by atoms with Gasteiger partial charge in [-0.3, -0.25) is 10.1 Å². The molecule has 2 unspecified atom stereocenters. The number of hydrogen-bond donors (Lipinski definition) is 4. The molecule has 1 spiro atoms. The Morgan fingerprint density at radius 2 is 2.07 bits per heavy atom. The highest BCUT2D eigenvalue weighted by molar-refractivity contribution is 5.85. The van der Waals surface area contributed by atoms with Gasteiger partial charge in [-0.2, -0.15) is 0 Å². The minimum atomic E-state index is -0.943. The quantitative estimate of drug-likeness (QED) is 0.557. The van der Waals surface area contributed by atoms with Crippen molar-refractivity contribution in [2.24, 2.45) is 0 Å². The molecule has 0 aromatic heterocycles. The van der Waals surface area contributed by atoms with Crippen molar-refractivity contribution in [3.8, 4) is 11.5 Å². The summed E-state index contributed by atoms with van der Waals surface area (Å²) in [5.41, 5.74) is 0.522. The van der Waals surface area contributed by atoms with Crippen LogP contribution in [0.4, 0.5) is 0 Å². The van der Waals surface area contributed by atoms with Crippen LogP contribution in [0, 0.1) is 0 Å². The second kappa shape index (κ2) is 7.17. The molecule has 4 aliphatic rings.